The number of nitrogens with zero attached hydrogens (tertiary/aromatic N) is 1. The largest absolute Gasteiger partial charge is 0.514 e. The van der Waals surface area contributed by atoms with E-state index in [9.17, 15) is 13.6 Å². The van der Waals surface area contributed by atoms with Gasteiger partial charge in [-0.25, -0.2) is 18.6 Å². The number of carbonyl (C=O) groups is 1. The van der Waals surface area contributed by atoms with E-state index in [2.05, 4.69) is 9.72 Å². The zero-order valence-corrected chi connectivity index (χ0v) is 13.4. The van der Waals surface area contributed by atoms with Crippen molar-refractivity contribution in [3.8, 4) is 17.1 Å². The molecule has 122 valence electrons. The molecule has 1 aromatic heterocycles. The average molecular weight is 363 g/mol. The van der Waals surface area contributed by atoms with E-state index in [-0.39, 0.29) is 27.0 Å². The lowest BCUT2D eigenvalue weighted by atomic mass is 10.1. The molecule has 1 aromatic carbocycles. The molecule has 0 bridgehead atoms. The van der Waals surface area contributed by atoms with Crippen molar-refractivity contribution in [2.45, 2.75) is 6.92 Å². The molecule has 0 unspecified atom stereocenters. The summed E-state index contributed by atoms with van der Waals surface area (Å²) >= 11 is 11.6. The summed E-state index contributed by atoms with van der Waals surface area (Å²) in [5.41, 5.74) is 4.95. The van der Waals surface area contributed by atoms with E-state index in [0.29, 0.717) is 0 Å². The molecule has 0 aliphatic carbocycles. The van der Waals surface area contributed by atoms with Gasteiger partial charge in [0, 0.05) is 10.6 Å². The van der Waals surface area contributed by atoms with Crippen LogP contribution in [0.3, 0.4) is 0 Å². The summed E-state index contributed by atoms with van der Waals surface area (Å²) in [7, 11) is 1.07. The van der Waals surface area contributed by atoms with Crippen LogP contribution < -0.4 is 10.5 Å². The van der Waals surface area contributed by atoms with Gasteiger partial charge in [0.1, 0.15) is 16.7 Å². The molecule has 5 nitrogen and oxygen atoms in total. The Morgan fingerprint density at radius 3 is 2.57 bits per heavy atom. The predicted molar refractivity (Wildman–Crippen MR) is 81.8 cm³/mol. The predicted octanol–water partition coefficient (Wildman–Crippen LogP) is 4.37. The lowest BCUT2D eigenvalue weighted by Gasteiger charge is -2.12. The number of pyridine rings is 1. The number of halogens is 4. The Balaban J connectivity index is 2.66. The number of nitrogens with two attached hydrogens (primary N) is 1. The Morgan fingerprint density at radius 2 is 1.96 bits per heavy atom. The van der Waals surface area contributed by atoms with Crippen molar-refractivity contribution < 1.29 is 23.0 Å². The summed E-state index contributed by atoms with van der Waals surface area (Å²) in [4.78, 5) is 15.0. The van der Waals surface area contributed by atoms with E-state index < -0.39 is 29.2 Å². The van der Waals surface area contributed by atoms with Crippen molar-refractivity contribution in [1.29, 1.82) is 0 Å². The lowest BCUT2D eigenvalue weighted by molar-refractivity contribution is 0.120. The highest BCUT2D eigenvalue weighted by molar-refractivity contribution is 6.34. The highest BCUT2D eigenvalue weighted by atomic mass is 35.5. The van der Waals surface area contributed by atoms with E-state index in [1.165, 1.54) is 6.92 Å². The molecule has 0 atom stereocenters. The number of methoxy groups -OCH3 is 1. The maximum atomic E-state index is 14.3. The first-order valence-corrected chi connectivity index (χ1v) is 6.88. The quantitative estimate of drug-likeness (QED) is 0.802. The minimum absolute atomic E-state index is 0.0359. The Labute approximate surface area is 139 Å². The van der Waals surface area contributed by atoms with Crippen LogP contribution in [0.2, 0.25) is 10.0 Å². The Morgan fingerprint density at radius 1 is 1.30 bits per heavy atom. The smallest absolute Gasteiger partial charge is 0.437 e. The number of carbonyl (C=O) groups excluding carboxylic acids is 1. The SMILES string of the molecule is COC(=O)Oc1nc(-c2c(F)cc(Cl)c(C)c2F)cc(N)c1Cl. The van der Waals surface area contributed by atoms with Gasteiger partial charge in [0.25, 0.3) is 0 Å². The molecule has 1 heterocycles. The molecule has 0 saturated heterocycles. The molecule has 0 spiro atoms. The van der Waals surface area contributed by atoms with Crippen LogP contribution in [0.1, 0.15) is 5.56 Å². The van der Waals surface area contributed by atoms with Crippen molar-refractivity contribution in [1.82, 2.24) is 4.98 Å². The minimum Gasteiger partial charge on any atom is -0.437 e. The average Bonchev–Trinajstić information content (AvgIpc) is 2.49. The van der Waals surface area contributed by atoms with Crippen LogP contribution in [-0.4, -0.2) is 18.2 Å². The number of hydrogen-bond acceptors (Lipinski definition) is 5. The van der Waals surface area contributed by atoms with E-state index >= 15 is 0 Å². The fourth-order valence-electron chi connectivity index (χ4n) is 1.76. The molecule has 0 saturated carbocycles. The summed E-state index contributed by atoms with van der Waals surface area (Å²) in [6.07, 6.45) is -1.11. The van der Waals surface area contributed by atoms with Gasteiger partial charge in [0.05, 0.1) is 24.1 Å². The first-order chi connectivity index (χ1) is 10.8. The number of rotatable bonds is 2. The van der Waals surface area contributed by atoms with Gasteiger partial charge in [-0.1, -0.05) is 23.2 Å². The third kappa shape index (κ3) is 3.30. The number of aromatic nitrogens is 1. The second-order valence-electron chi connectivity index (χ2n) is 4.43. The fourth-order valence-corrected chi connectivity index (χ4v) is 2.08. The Hall–Kier alpha value is -2.12. The number of benzene rings is 1. The van der Waals surface area contributed by atoms with Gasteiger partial charge in [-0.15, -0.1) is 0 Å². The van der Waals surface area contributed by atoms with Gasteiger partial charge in [-0.05, 0) is 19.1 Å². The Bertz CT molecular complexity index is 800. The van der Waals surface area contributed by atoms with E-state index in [1.54, 1.807) is 0 Å². The van der Waals surface area contributed by atoms with Crippen molar-refractivity contribution in [2.75, 3.05) is 12.8 Å². The van der Waals surface area contributed by atoms with Crippen molar-refractivity contribution in [3.05, 3.63) is 39.4 Å². The van der Waals surface area contributed by atoms with Crippen molar-refractivity contribution in [2.24, 2.45) is 0 Å². The van der Waals surface area contributed by atoms with Gasteiger partial charge in [0.2, 0.25) is 5.88 Å². The normalized spacial score (nSPS) is 10.5. The molecule has 2 aromatic rings. The van der Waals surface area contributed by atoms with Crippen molar-refractivity contribution >= 4 is 35.0 Å². The topological polar surface area (TPSA) is 74.4 Å². The molecule has 0 aliphatic heterocycles. The molecular weight excluding hydrogens is 353 g/mol. The van der Waals surface area contributed by atoms with Crippen LogP contribution in [0, 0.1) is 18.6 Å². The van der Waals surface area contributed by atoms with Crippen LogP contribution in [0.25, 0.3) is 11.3 Å². The summed E-state index contributed by atoms with van der Waals surface area (Å²) in [6.45, 7) is 1.38. The maximum Gasteiger partial charge on any atom is 0.514 e. The number of hydrogen-bond donors (Lipinski definition) is 1. The summed E-state index contributed by atoms with van der Waals surface area (Å²) < 4.78 is 37.5. The van der Waals surface area contributed by atoms with Crippen LogP contribution in [-0.2, 0) is 4.74 Å². The monoisotopic (exact) mass is 362 g/mol. The molecule has 9 heteroatoms. The highest BCUT2D eigenvalue weighted by Crippen LogP contribution is 2.36. The standard InChI is InChI=1S/C14H10Cl2F2N2O3/c1-5-6(15)3-7(17)10(12(5)18)9-4-8(19)11(16)13(20-9)23-14(21)22-2/h3-4H,1-2H3,(H2,19,20). The minimum atomic E-state index is -1.11. The first kappa shape index (κ1) is 17.2. The summed E-state index contributed by atoms with van der Waals surface area (Å²) in [6, 6.07) is 2.10. The zero-order chi connectivity index (χ0) is 17.3. The molecule has 0 amide bonds. The molecule has 2 rings (SSSR count). The molecule has 0 fully saturated rings. The molecule has 0 aliphatic rings. The molecule has 0 radical (unpaired) electrons. The number of anilines is 1. The van der Waals surface area contributed by atoms with Crippen LogP contribution in [0.5, 0.6) is 5.88 Å². The second-order valence-corrected chi connectivity index (χ2v) is 5.21. The van der Waals surface area contributed by atoms with E-state index in [0.717, 1.165) is 19.2 Å². The van der Waals surface area contributed by atoms with Crippen LogP contribution >= 0.6 is 23.2 Å². The number of nitrogen functional groups attached to an aromatic ring is 1. The van der Waals surface area contributed by atoms with Crippen molar-refractivity contribution in [3.63, 3.8) is 0 Å². The molecule has 23 heavy (non-hydrogen) atoms. The lowest BCUT2D eigenvalue weighted by Crippen LogP contribution is -2.10. The maximum absolute atomic E-state index is 14.3. The van der Waals surface area contributed by atoms with E-state index in [4.69, 9.17) is 33.7 Å². The fraction of sp³-hybridized carbons (Fsp3) is 0.143. The highest BCUT2D eigenvalue weighted by Gasteiger charge is 2.21. The number of ether oxygens (including phenoxy) is 2. The summed E-state index contributed by atoms with van der Waals surface area (Å²) in [5.74, 6) is -2.29. The van der Waals surface area contributed by atoms with Gasteiger partial charge in [-0.2, -0.15) is 0 Å². The third-order valence-electron chi connectivity index (χ3n) is 2.96. The van der Waals surface area contributed by atoms with Gasteiger partial charge < -0.3 is 15.2 Å². The van der Waals surface area contributed by atoms with Gasteiger partial charge in [-0.3, -0.25) is 0 Å². The summed E-state index contributed by atoms with van der Waals surface area (Å²) in [5, 5.41) is -0.262. The first-order valence-electron chi connectivity index (χ1n) is 6.12. The van der Waals surface area contributed by atoms with Gasteiger partial charge in [0.15, 0.2) is 0 Å². The van der Waals surface area contributed by atoms with Crippen LogP contribution in [0.15, 0.2) is 12.1 Å². The second kappa shape index (κ2) is 6.55. The Kier molecular flexibility index (Phi) is 4.91. The van der Waals surface area contributed by atoms with E-state index in [1.807, 2.05) is 0 Å². The van der Waals surface area contributed by atoms with Gasteiger partial charge >= 0.3 is 6.16 Å². The zero-order valence-electron chi connectivity index (χ0n) is 11.9. The molecule has 2 N–H and O–H groups in total. The molecular formula is C14H10Cl2F2N2O3. The van der Waals surface area contributed by atoms with Crippen LogP contribution in [0.4, 0.5) is 19.3 Å². The third-order valence-corrected chi connectivity index (χ3v) is 3.73.